The van der Waals surface area contributed by atoms with Crippen LogP contribution in [0.4, 0.5) is 11.8 Å². The summed E-state index contributed by atoms with van der Waals surface area (Å²) in [6.45, 7) is 6.45. The Morgan fingerprint density at radius 2 is 2.06 bits per heavy atom. The number of hydrogen-bond donors (Lipinski definition) is 4. The van der Waals surface area contributed by atoms with Crippen molar-refractivity contribution in [1.29, 1.82) is 0 Å². The zero-order chi connectivity index (χ0) is 13.2. The summed E-state index contributed by atoms with van der Waals surface area (Å²) in [5.41, 5.74) is 3.11. The van der Waals surface area contributed by atoms with Crippen LogP contribution >= 0.6 is 0 Å². The molecule has 18 heavy (non-hydrogen) atoms. The van der Waals surface area contributed by atoms with Crippen molar-refractivity contribution in [3.05, 3.63) is 6.20 Å². The van der Waals surface area contributed by atoms with Crippen LogP contribution in [0.25, 0.3) is 11.0 Å². The minimum Gasteiger partial charge on any atom is -0.364 e. The Bertz CT molecular complexity index is 529. The Hall–Kier alpha value is -1.89. The number of anilines is 2. The van der Waals surface area contributed by atoms with Crippen LogP contribution in [0.5, 0.6) is 0 Å². The first-order valence-corrected chi connectivity index (χ1v) is 6.07. The number of nitrogens with two attached hydrogens (primary N) is 1. The van der Waals surface area contributed by atoms with Gasteiger partial charge in [0.1, 0.15) is 5.82 Å². The van der Waals surface area contributed by atoms with Gasteiger partial charge in [-0.05, 0) is 19.8 Å². The van der Waals surface area contributed by atoms with Crippen LogP contribution < -0.4 is 16.6 Å². The summed E-state index contributed by atoms with van der Waals surface area (Å²) >= 11 is 0. The van der Waals surface area contributed by atoms with Crippen molar-refractivity contribution in [2.24, 2.45) is 5.84 Å². The van der Waals surface area contributed by atoms with Crippen molar-refractivity contribution >= 4 is 22.8 Å². The van der Waals surface area contributed by atoms with Gasteiger partial charge in [-0.3, -0.25) is 10.5 Å². The molecule has 0 atom stereocenters. The molecule has 0 saturated carbocycles. The lowest BCUT2D eigenvalue weighted by Crippen LogP contribution is -2.33. The number of fused-ring (bicyclic) bond motifs is 1. The van der Waals surface area contributed by atoms with E-state index < -0.39 is 0 Å². The van der Waals surface area contributed by atoms with E-state index in [-0.39, 0.29) is 5.54 Å². The van der Waals surface area contributed by atoms with Crippen molar-refractivity contribution < 1.29 is 0 Å². The number of nitrogens with zero attached hydrogens (tertiary/aromatic N) is 3. The van der Waals surface area contributed by atoms with E-state index in [9.17, 15) is 0 Å². The highest BCUT2D eigenvalue weighted by Gasteiger charge is 2.21. The smallest absolute Gasteiger partial charge is 0.241 e. The minimum atomic E-state index is -0.00950. The van der Waals surface area contributed by atoms with Gasteiger partial charge in [-0.2, -0.15) is 15.1 Å². The third-order valence-electron chi connectivity index (χ3n) is 3.42. The van der Waals surface area contributed by atoms with Crippen molar-refractivity contribution in [3.63, 3.8) is 0 Å². The van der Waals surface area contributed by atoms with Gasteiger partial charge in [0.2, 0.25) is 5.95 Å². The summed E-state index contributed by atoms with van der Waals surface area (Å²) in [7, 11) is 0. The van der Waals surface area contributed by atoms with Crippen LogP contribution in [-0.4, -0.2) is 25.7 Å². The van der Waals surface area contributed by atoms with E-state index in [0.29, 0.717) is 11.6 Å². The Kier molecular flexibility index (Phi) is 3.33. The molecule has 0 saturated heterocycles. The van der Waals surface area contributed by atoms with Gasteiger partial charge in [-0.1, -0.05) is 13.8 Å². The number of rotatable bonds is 5. The largest absolute Gasteiger partial charge is 0.364 e. The lowest BCUT2D eigenvalue weighted by Gasteiger charge is -2.29. The number of hydrazine groups is 1. The van der Waals surface area contributed by atoms with E-state index >= 15 is 0 Å². The monoisotopic (exact) mass is 249 g/mol. The second-order valence-electron chi connectivity index (χ2n) is 4.57. The van der Waals surface area contributed by atoms with Crippen LogP contribution in [0.2, 0.25) is 0 Å². The van der Waals surface area contributed by atoms with Crippen molar-refractivity contribution in [2.45, 2.75) is 39.2 Å². The highest BCUT2D eigenvalue weighted by atomic mass is 15.3. The van der Waals surface area contributed by atoms with E-state index in [0.717, 1.165) is 24.0 Å². The molecule has 7 nitrogen and oxygen atoms in total. The van der Waals surface area contributed by atoms with E-state index in [1.807, 2.05) is 0 Å². The van der Waals surface area contributed by atoms with Crippen LogP contribution in [0.3, 0.4) is 0 Å². The van der Waals surface area contributed by atoms with Crippen LogP contribution in [0.1, 0.15) is 33.6 Å². The molecule has 0 aromatic carbocycles. The maximum Gasteiger partial charge on any atom is 0.241 e. The number of H-pyrrole nitrogens is 1. The Labute approximate surface area is 106 Å². The van der Waals surface area contributed by atoms with Gasteiger partial charge in [0, 0.05) is 5.54 Å². The lowest BCUT2D eigenvalue weighted by molar-refractivity contribution is 0.477. The number of nitrogen functional groups attached to an aromatic ring is 1. The average Bonchev–Trinajstić information content (AvgIpc) is 2.86. The molecule has 0 aliphatic heterocycles. The highest BCUT2D eigenvalue weighted by molar-refractivity contribution is 5.87. The molecule has 5 N–H and O–H groups in total. The molecule has 0 amide bonds. The molecule has 98 valence electrons. The van der Waals surface area contributed by atoms with Gasteiger partial charge in [-0.25, -0.2) is 5.84 Å². The van der Waals surface area contributed by atoms with Crippen LogP contribution in [0, 0.1) is 0 Å². The normalized spacial score (nSPS) is 11.8. The molecule has 2 rings (SSSR count). The molecule has 2 heterocycles. The van der Waals surface area contributed by atoms with Gasteiger partial charge in [0.05, 0.1) is 11.6 Å². The predicted octanol–water partition coefficient (Wildman–Crippen LogP) is 1.63. The molecule has 0 spiro atoms. The zero-order valence-corrected chi connectivity index (χ0v) is 10.9. The van der Waals surface area contributed by atoms with E-state index in [1.165, 1.54) is 0 Å². The molecular weight excluding hydrogens is 230 g/mol. The number of nitrogens with one attached hydrogen (secondary N) is 3. The zero-order valence-electron chi connectivity index (χ0n) is 10.9. The first kappa shape index (κ1) is 12.6. The van der Waals surface area contributed by atoms with Crippen LogP contribution in [0.15, 0.2) is 6.20 Å². The molecule has 2 aromatic rings. The van der Waals surface area contributed by atoms with Gasteiger partial charge in [0.25, 0.3) is 0 Å². The van der Waals surface area contributed by atoms with Crippen molar-refractivity contribution in [3.8, 4) is 0 Å². The number of hydrogen-bond acceptors (Lipinski definition) is 6. The summed E-state index contributed by atoms with van der Waals surface area (Å²) in [4.78, 5) is 8.54. The molecule has 0 aliphatic rings. The van der Waals surface area contributed by atoms with Crippen molar-refractivity contribution in [1.82, 2.24) is 20.2 Å². The Balaban J connectivity index is 2.45. The fourth-order valence-electron chi connectivity index (χ4n) is 1.71. The van der Waals surface area contributed by atoms with Gasteiger partial charge in [0.15, 0.2) is 5.65 Å². The predicted molar refractivity (Wildman–Crippen MR) is 72.1 cm³/mol. The van der Waals surface area contributed by atoms with Gasteiger partial charge in [-0.15, -0.1) is 0 Å². The molecule has 0 bridgehead atoms. The maximum atomic E-state index is 5.37. The molecule has 0 aliphatic carbocycles. The average molecular weight is 249 g/mol. The van der Waals surface area contributed by atoms with E-state index in [1.54, 1.807) is 6.20 Å². The van der Waals surface area contributed by atoms with E-state index in [2.05, 4.69) is 51.7 Å². The summed E-state index contributed by atoms with van der Waals surface area (Å²) in [6, 6.07) is 0. The third-order valence-corrected chi connectivity index (χ3v) is 3.42. The topological polar surface area (TPSA) is 105 Å². The molecule has 0 unspecified atom stereocenters. The van der Waals surface area contributed by atoms with Crippen LogP contribution in [-0.2, 0) is 0 Å². The second kappa shape index (κ2) is 4.77. The van der Waals surface area contributed by atoms with Gasteiger partial charge < -0.3 is 5.32 Å². The third kappa shape index (κ3) is 2.21. The standard InChI is InChI=1S/C11H19N7/c1-4-11(3,5-2)16-8-7-6-13-18-9(7)15-10(14-8)17-12/h6H,4-5,12H2,1-3H3,(H3,13,14,15,16,17,18). The summed E-state index contributed by atoms with van der Waals surface area (Å²) in [5.74, 6) is 6.48. The highest BCUT2D eigenvalue weighted by Crippen LogP contribution is 2.26. The number of aromatic amines is 1. The maximum absolute atomic E-state index is 5.37. The van der Waals surface area contributed by atoms with Crippen molar-refractivity contribution in [2.75, 3.05) is 10.7 Å². The second-order valence-corrected chi connectivity index (χ2v) is 4.57. The Morgan fingerprint density at radius 1 is 1.33 bits per heavy atom. The minimum absolute atomic E-state index is 0.00950. The fourth-order valence-corrected chi connectivity index (χ4v) is 1.71. The SMILES string of the molecule is CCC(C)(CC)Nc1nc(NN)nc2[nH]ncc12. The molecule has 7 heteroatoms. The number of aromatic nitrogens is 4. The molecule has 2 aromatic heterocycles. The lowest BCUT2D eigenvalue weighted by atomic mass is 9.95. The Morgan fingerprint density at radius 3 is 2.67 bits per heavy atom. The first-order valence-electron chi connectivity index (χ1n) is 6.07. The fraction of sp³-hybridized carbons (Fsp3) is 0.545. The quantitative estimate of drug-likeness (QED) is 0.474. The molecule has 0 radical (unpaired) electrons. The van der Waals surface area contributed by atoms with E-state index in [4.69, 9.17) is 5.84 Å². The van der Waals surface area contributed by atoms with Gasteiger partial charge >= 0.3 is 0 Å². The molecule has 0 fully saturated rings. The summed E-state index contributed by atoms with van der Waals surface area (Å²) in [5, 5.41) is 11.1. The first-order chi connectivity index (χ1) is 8.61. The summed E-state index contributed by atoms with van der Waals surface area (Å²) < 4.78 is 0. The molecular formula is C11H19N7. The summed E-state index contributed by atoms with van der Waals surface area (Å²) in [6.07, 6.45) is 3.71.